The summed E-state index contributed by atoms with van der Waals surface area (Å²) in [4.78, 5) is 13.1. The van der Waals surface area contributed by atoms with Crippen molar-refractivity contribution >= 4 is 5.95 Å². The van der Waals surface area contributed by atoms with Gasteiger partial charge in [0, 0.05) is 58.1 Å². The highest BCUT2D eigenvalue weighted by atomic mass is 16.5. The van der Waals surface area contributed by atoms with Crippen LogP contribution >= 0.6 is 0 Å². The van der Waals surface area contributed by atoms with Gasteiger partial charge in [0.15, 0.2) is 0 Å². The third-order valence-corrected chi connectivity index (χ3v) is 4.25. The summed E-state index contributed by atoms with van der Waals surface area (Å²) < 4.78 is 10.6. The Morgan fingerprint density at radius 1 is 1.39 bits per heavy atom. The topological polar surface area (TPSA) is 83.0 Å². The van der Waals surface area contributed by atoms with Crippen LogP contribution in [0.5, 0.6) is 5.88 Å². The first-order chi connectivity index (χ1) is 11.2. The Morgan fingerprint density at radius 3 is 3.00 bits per heavy atom. The summed E-state index contributed by atoms with van der Waals surface area (Å²) in [6.07, 6.45) is 1.71. The van der Waals surface area contributed by atoms with Gasteiger partial charge in [-0.2, -0.15) is 4.98 Å². The predicted molar refractivity (Wildman–Crippen MR) is 85.9 cm³/mol. The molecule has 8 heteroatoms. The van der Waals surface area contributed by atoms with Crippen molar-refractivity contribution in [2.75, 3.05) is 71.0 Å². The van der Waals surface area contributed by atoms with E-state index in [1.54, 1.807) is 19.4 Å². The van der Waals surface area contributed by atoms with E-state index in [9.17, 15) is 5.11 Å². The molecule has 1 atom stereocenters. The molecule has 0 unspecified atom stereocenters. The summed E-state index contributed by atoms with van der Waals surface area (Å²) in [5, 5.41) is 13.9. The lowest BCUT2D eigenvalue weighted by atomic mass is 10.0. The van der Waals surface area contributed by atoms with Crippen LogP contribution in [0.1, 0.15) is 0 Å². The van der Waals surface area contributed by atoms with Crippen molar-refractivity contribution in [1.82, 2.24) is 20.2 Å². The second-order valence-corrected chi connectivity index (χ2v) is 6.12. The third kappa shape index (κ3) is 4.29. The van der Waals surface area contributed by atoms with Gasteiger partial charge in [-0.15, -0.1) is 0 Å². The van der Waals surface area contributed by atoms with Gasteiger partial charge in [-0.1, -0.05) is 0 Å². The standard InChI is InChI=1S/C15H25N5O3/c1-22-13-2-3-17-14(18-13)20-7-5-19(6-8-20)11-15(21)10-16-4-9-23-12-15/h2-3,16,21H,4-12H2,1H3/t15-/m0/s1. The fourth-order valence-corrected chi connectivity index (χ4v) is 3.00. The van der Waals surface area contributed by atoms with Crippen molar-refractivity contribution in [1.29, 1.82) is 0 Å². The van der Waals surface area contributed by atoms with Gasteiger partial charge < -0.3 is 24.8 Å². The van der Waals surface area contributed by atoms with E-state index in [2.05, 4.69) is 25.1 Å². The molecule has 3 heterocycles. The van der Waals surface area contributed by atoms with Gasteiger partial charge in [0.1, 0.15) is 5.60 Å². The van der Waals surface area contributed by atoms with E-state index in [0.717, 1.165) is 32.7 Å². The van der Waals surface area contributed by atoms with E-state index < -0.39 is 5.60 Å². The molecule has 0 spiro atoms. The molecule has 0 saturated carbocycles. The molecule has 23 heavy (non-hydrogen) atoms. The van der Waals surface area contributed by atoms with Gasteiger partial charge in [0.2, 0.25) is 11.8 Å². The van der Waals surface area contributed by atoms with Gasteiger partial charge in [0.05, 0.1) is 20.3 Å². The van der Waals surface area contributed by atoms with Crippen LogP contribution < -0.4 is 15.0 Å². The Balaban J connectivity index is 1.53. The van der Waals surface area contributed by atoms with Crippen molar-refractivity contribution in [3.8, 4) is 5.88 Å². The largest absolute Gasteiger partial charge is 0.481 e. The summed E-state index contributed by atoms with van der Waals surface area (Å²) in [6, 6.07) is 1.74. The quantitative estimate of drug-likeness (QED) is 0.727. The maximum Gasteiger partial charge on any atom is 0.228 e. The first-order valence-corrected chi connectivity index (χ1v) is 8.04. The SMILES string of the molecule is COc1ccnc(N2CCN(C[C@@]3(O)CNCCOC3)CC2)n1. The number of aromatic nitrogens is 2. The highest BCUT2D eigenvalue weighted by Crippen LogP contribution is 2.16. The minimum atomic E-state index is -0.814. The number of nitrogens with zero attached hydrogens (tertiary/aromatic N) is 4. The number of piperazine rings is 1. The summed E-state index contributed by atoms with van der Waals surface area (Å²) in [5.74, 6) is 1.27. The Bertz CT molecular complexity index is 500. The van der Waals surface area contributed by atoms with E-state index in [0.29, 0.717) is 38.1 Å². The van der Waals surface area contributed by atoms with Crippen molar-refractivity contribution < 1.29 is 14.6 Å². The third-order valence-electron chi connectivity index (χ3n) is 4.25. The molecule has 0 aromatic carbocycles. The number of ether oxygens (including phenoxy) is 2. The Labute approximate surface area is 136 Å². The zero-order valence-corrected chi connectivity index (χ0v) is 13.6. The molecule has 0 amide bonds. The van der Waals surface area contributed by atoms with Crippen molar-refractivity contribution in [3.05, 3.63) is 12.3 Å². The number of hydrogen-bond acceptors (Lipinski definition) is 8. The van der Waals surface area contributed by atoms with Crippen LogP contribution in [0.15, 0.2) is 12.3 Å². The van der Waals surface area contributed by atoms with Crippen LogP contribution in [0.2, 0.25) is 0 Å². The second-order valence-electron chi connectivity index (χ2n) is 6.12. The molecule has 1 aromatic heterocycles. The van der Waals surface area contributed by atoms with E-state index in [1.807, 2.05) is 0 Å². The molecular formula is C15H25N5O3. The molecule has 2 aliphatic rings. The zero-order chi connectivity index (χ0) is 16.1. The number of anilines is 1. The molecule has 128 valence electrons. The summed E-state index contributed by atoms with van der Waals surface area (Å²) in [6.45, 7) is 6.42. The normalized spacial score (nSPS) is 26.8. The van der Waals surface area contributed by atoms with Crippen molar-refractivity contribution in [3.63, 3.8) is 0 Å². The lowest BCUT2D eigenvalue weighted by molar-refractivity contribution is -0.0495. The van der Waals surface area contributed by atoms with Crippen LogP contribution in [0.25, 0.3) is 0 Å². The molecule has 0 aliphatic carbocycles. The summed E-state index contributed by atoms with van der Waals surface area (Å²) in [5.41, 5.74) is -0.814. The smallest absolute Gasteiger partial charge is 0.228 e. The number of methoxy groups -OCH3 is 1. The molecule has 0 bridgehead atoms. The Hall–Kier alpha value is -1.48. The van der Waals surface area contributed by atoms with E-state index in [-0.39, 0.29) is 0 Å². The maximum atomic E-state index is 10.7. The number of aliphatic hydroxyl groups is 1. The van der Waals surface area contributed by atoms with Crippen LogP contribution in [-0.2, 0) is 4.74 Å². The second kappa shape index (κ2) is 7.39. The van der Waals surface area contributed by atoms with Crippen molar-refractivity contribution in [2.24, 2.45) is 0 Å². The van der Waals surface area contributed by atoms with Crippen molar-refractivity contribution in [2.45, 2.75) is 5.60 Å². The Morgan fingerprint density at radius 2 is 2.22 bits per heavy atom. The van der Waals surface area contributed by atoms with Gasteiger partial charge in [-0.05, 0) is 0 Å². The molecule has 2 fully saturated rings. The monoisotopic (exact) mass is 323 g/mol. The van der Waals surface area contributed by atoms with E-state index in [4.69, 9.17) is 9.47 Å². The van der Waals surface area contributed by atoms with Gasteiger partial charge in [-0.3, -0.25) is 4.90 Å². The highest BCUT2D eigenvalue weighted by molar-refractivity contribution is 5.32. The summed E-state index contributed by atoms with van der Waals surface area (Å²) >= 11 is 0. The van der Waals surface area contributed by atoms with E-state index >= 15 is 0 Å². The number of hydrogen-bond donors (Lipinski definition) is 2. The molecule has 0 radical (unpaired) electrons. The minimum Gasteiger partial charge on any atom is -0.481 e. The van der Waals surface area contributed by atoms with Crippen LogP contribution in [0.3, 0.4) is 0 Å². The lowest BCUT2D eigenvalue weighted by Crippen LogP contribution is -2.56. The zero-order valence-electron chi connectivity index (χ0n) is 13.6. The van der Waals surface area contributed by atoms with E-state index in [1.165, 1.54) is 0 Å². The number of β-amino-alcohol motifs (C(OH)–C–C–N with tert-alkyl or cyclic N) is 1. The fourth-order valence-electron chi connectivity index (χ4n) is 3.00. The van der Waals surface area contributed by atoms with Gasteiger partial charge in [-0.25, -0.2) is 4.98 Å². The number of rotatable bonds is 4. The number of nitrogens with one attached hydrogen (secondary N) is 1. The highest BCUT2D eigenvalue weighted by Gasteiger charge is 2.32. The molecular weight excluding hydrogens is 298 g/mol. The predicted octanol–water partition coefficient (Wildman–Crippen LogP) is -1.04. The maximum absolute atomic E-state index is 10.7. The molecule has 2 N–H and O–H groups in total. The lowest BCUT2D eigenvalue weighted by Gasteiger charge is -2.38. The van der Waals surface area contributed by atoms with Crippen LogP contribution in [-0.4, -0.2) is 91.7 Å². The van der Waals surface area contributed by atoms with Crippen LogP contribution in [0.4, 0.5) is 5.95 Å². The molecule has 2 aliphatic heterocycles. The fraction of sp³-hybridized carbons (Fsp3) is 0.733. The Kier molecular flexibility index (Phi) is 5.27. The summed E-state index contributed by atoms with van der Waals surface area (Å²) in [7, 11) is 1.60. The molecule has 8 nitrogen and oxygen atoms in total. The molecule has 3 rings (SSSR count). The average Bonchev–Trinajstić information content (AvgIpc) is 2.80. The minimum absolute atomic E-state index is 0.388. The first kappa shape index (κ1) is 16.4. The molecule has 2 saturated heterocycles. The molecule has 1 aromatic rings. The van der Waals surface area contributed by atoms with Crippen LogP contribution in [0, 0.1) is 0 Å². The average molecular weight is 323 g/mol. The van der Waals surface area contributed by atoms with Gasteiger partial charge >= 0.3 is 0 Å². The van der Waals surface area contributed by atoms with Gasteiger partial charge in [0.25, 0.3) is 0 Å². The first-order valence-electron chi connectivity index (χ1n) is 8.04.